The third-order valence-electron chi connectivity index (χ3n) is 0.921. The molecule has 0 aromatic heterocycles. The monoisotopic (exact) mass is 164 g/mol. The third kappa shape index (κ3) is 0.864. The first kappa shape index (κ1) is 8.26. The minimum Gasteiger partial charge on any atom is -0.502 e. The van der Waals surface area contributed by atoms with E-state index >= 15 is 0 Å². The molecule has 0 aliphatic heterocycles. The average molecular weight is 164 g/mol. The molecule has 0 bridgehead atoms. The van der Waals surface area contributed by atoms with Crippen LogP contribution in [0.25, 0.3) is 0 Å². The minimum atomic E-state index is -0.887. The van der Waals surface area contributed by atoms with Gasteiger partial charge < -0.3 is 10.8 Å². The first-order valence-electron chi connectivity index (χ1n) is 1.92. The van der Waals surface area contributed by atoms with Crippen LogP contribution in [-0.4, -0.2) is 5.11 Å². The summed E-state index contributed by atoms with van der Waals surface area (Å²) >= 11 is 0. The molecule has 1 radical (unpaired) electrons. The molecule has 47 valence electrons. The van der Waals surface area contributed by atoms with E-state index in [0.717, 1.165) is 0 Å². The van der Waals surface area contributed by atoms with Crippen LogP contribution in [0.3, 0.4) is 0 Å². The average Bonchev–Trinajstić information content (AvgIpc) is 1.83. The van der Waals surface area contributed by atoms with Gasteiger partial charge >= 0.3 is 0 Å². The zero-order valence-corrected chi connectivity index (χ0v) is 5.68. The maximum atomic E-state index is 10.1. The molecule has 5 heteroatoms. The molecule has 1 aromatic carbocycles. The second-order valence-corrected chi connectivity index (χ2v) is 1.42. The van der Waals surface area contributed by atoms with Gasteiger partial charge in [0.05, 0.1) is 0 Å². The van der Waals surface area contributed by atoms with Crippen LogP contribution in [0.1, 0.15) is 0 Å². The van der Waals surface area contributed by atoms with Crippen LogP contribution in [0.15, 0.2) is 9.59 Å². The number of hydrogen-bond donors (Lipinski definition) is 2. The van der Waals surface area contributed by atoms with E-state index in [2.05, 4.69) is 0 Å². The Morgan fingerprint density at radius 1 is 1.22 bits per heavy atom. The standard InChI is InChI=1S/C4H3NO3.V/c5-1-2(6)4(8)3(1)7;/h6H,5H2;. The largest absolute Gasteiger partial charge is 0.502 e. The van der Waals surface area contributed by atoms with Crippen LogP contribution in [-0.2, 0) is 18.6 Å². The van der Waals surface area contributed by atoms with Crippen molar-refractivity contribution in [3.05, 3.63) is 20.4 Å². The molecular formula is C4H3NO3V. The molecule has 1 rings (SSSR count). The summed E-state index contributed by atoms with van der Waals surface area (Å²) in [5.41, 5.74) is 2.82. The summed E-state index contributed by atoms with van der Waals surface area (Å²) < 4.78 is 0. The van der Waals surface area contributed by atoms with Crippen molar-refractivity contribution >= 4 is 5.69 Å². The van der Waals surface area contributed by atoms with Gasteiger partial charge in [-0.2, -0.15) is 0 Å². The van der Waals surface area contributed by atoms with Crippen molar-refractivity contribution in [2.75, 3.05) is 5.73 Å². The Balaban J connectivity index is 0.000000640. The topological polar surface area (TPSA) is 80.4 Å². The molecule has 0 heterocycles. The fourth-order valence-electron chi connectivity index (χ4n) is 0.397. The fourth-order valence-corrected chi connectivity index (χ4v) is 0.397. The van der Waals surface area contributed by atoms with E-state index in [1.54, 1.807) is 0 Å². The number of aromatic hydroxyl groups is 1. The van der Waals surface area contributed by atoms with E-state index in [9.17, 15) is 9.59 Å². The minimum absolute atomic E-state index is 0. The maximum Gasteiger partial charge on any atom is 0.271 e. The molecule has 4 nitrogen and oxygen atoms in total. The van der Waals surface area contributed by atoms with Crippen LogP contribution in [0.4, 0.5) is 5.69 Å². The van der Waals surface area contributed by atoms with Crippen molar-refractivity contribution in [1.29, 1.82) is 0 Å². The zero-order chi connectivity index (χ0) is 6.31. The van der Waals surface area contributed by atoms with Gasteiger partial charge in [-0.05, 0) is 0 Å². The van der Waals surface area contributed by atoms with Gasteiger partial charge in [-0.25, -0.2) is 0 Å². The van der Waals surface area contributed by atoms with Gasteiger partial charge in [-0.1, -0.05) is 0 Å². The van der Waals surface area contributed by atoms with Gasteiger partial charge in [0.2, 0.25) is 0 Å². The van der Waals surface area contributed by atoms with E-state index in [-0.39, 0.29) is 24.2 Å². The van der Waals surface area contributed by atoms with Gasteiger partial charge in [-0.3, -0.25) is 9.59 Å². The van der Waals surface area contributed by atoms with E-state index in [4.69, 9.17) is 10.8 Å². The molecule has 3 N–H and O–H groups in total. The normalized spacial score (nSPS) is 8.89. The van der Waals surface area contributed by atoms with Crippen LogP contribution < -0.4 is 16.6 Å². The Morgan fingerprint density at radius 3 is 1.78 bits per heavy atom. The van der Waals surface area contributed by atoms with Crippen LogP contribution >= 0.6 is 0 Å². The SMILES string of the molecule is Nc1c(O)c(=O)c1=O.[V]. The second kappa shape index (κ2) is 2.25. The Kier molecular flexibility index (Phi) is 2.06. The quantitative estimate of drug-likeness (QED) is 0.460. The van der Waals surface area contributed by atoms with Crippen LogP contribution in [0.2, 0.25) is 0 Å². The van der Waals surface area contributed by atoms with Gasteiger partial charge in [0, 0.05) is 18.6 Å². The number of anilines is 1. The summed E-state index contributed by atoms with van der Waals surface area (Å²) in [6.45, 7) is 0. The van der Waals surface area contributed by atoms with Gasteiger partial charge in [0.1, 0.15) is 5.69 Å². The molecule has 0 unspecified atom stereocenters. The third-order valence-corrected chi connectivity index (χ3v) is 0.921. The number of nitrogens with two attached hydrogens (primary N) is 1. The molecule has 0 saturated heterocycles. The molecule has 0 fully saturated rings. The Labute approximate surface area is 61.9 Å². The second-order valence-electron chi connectivity index (χ2n) is 1.42. The molecule has 0 spiro atoms. The molecule has 9 heavy (non-hydrogen) atoms. The number of rotatable bonds is 0. The van der Waals surface area contributed by atoms with E-state index in [1.807, 2.05) is 0 Å². The number of nitrogen functional groups attached to an aromatic ring is 1. The van der Waals surface area contributed by atoms with E-state index in [1.165, 1.54) is 0 Å². The Bertz CT molecular complexity index is 256. The van der Waals surface area contributed by atoms with Crippen LogP contribution in [0, 0.1) is 0 Å². The maximum absolute atomic E-state index is 10.1. The summed E-state index contributed by atoms with van der Waals surface area (Å²) in [5, 5.41) is 8.34. The van der Waals surface area contributed by atoms with Crippen LogP contribution in [0.5, 0.6) is 5.75 Å². The molecule has 0 aliphatic rings. The summed E-state index contributed by atoms with van der Waals surface area (Å²) in [6.07, 6.45) is 0. The van der Waals surface area contributed by atoms with Crippen molar-refractivity contribution < 1.29 is 23.7 Å². The molecular weight excluding hydrogens is 161 g/mol. The first-order chi connectivity index (χ1) is 3.64. The van der Waals surface area contributed by atoms with Crippen molar-refractivity contribution in [3.8, 4) is 5.75 Å². The predicted molar refractivity (Wildman–Crippen MR) is 27.4 cm³/mol. The van der Waals surface area contributed by atoms with Crippen molar-refractivity contribution in [1.82, 2.24) is 0 Å². The molecule has 0 aliphatic carbocycles. The summed E-state index contributed by atoms with van der Waals surface area (Å²) in [7, 11) is 0. The molecule has 0 saturated carbocycles. The fraction of sp³-hybridized carbons (Fsp3) is 0. The summed E-state index contributed by atoms with van der Waals surface area (Å²) in [6, 6.07) is 0. The van der Waals surface area contributed by atoms with Gasteiger partial charge in [0.25, 0.3) is 10.9 Å². The van der Waals surface area contributed by atoms with Crippen molar-refractivity contribution in [2.45, 2.75) is 0 Å². The summed E-state index contributed by atoms with van der Waals surface area (Å²) in [4.78, 5) is 20.1. The zero-order valence-electron chi connectivity index (χ0n) is 4.29. The number of hydrogen-bond acceptors (Lipinski definition) is 4. The Hall–Kier alpha value is -0.736. The van der Waals surface area contributed by atoms with Crippen molar-refractivity contribution in [3.63, 3.8) is 0 Å². The van der Waals surface area contributed by atoms with Gasteiger partial charge in [0.15, 0.2) is 5.75 Å². The first-order valence-corrected chi connectivity index (χ1v) is 1.92. The molecule has 1 aromatic rings. The molecule has 0 atom stereocenters. The Morgan fingerprint density at radius 2 is 1.67 bits per heavy atom. The molecule has 0 amide bonds. The van der Waals surface area contributed by atoms with Gasteiger partial charge in [-0.15, -0.1) is 0 Å². The van der Waals surface area contributed by atoms with Crippen molar-refractivity contribution in [2.24, 2.45) is 0 Å². The van der Waals surface area contributed by atoms with E-state index < -0.39 is 16.6 Å². The smallest absolute Gasteiger partial charge is 0.271 e. The predicted octanol–water partition coefficient (Wildman–Crippen LogP) is -1.43. The van der Waals surface area contributed by atoms with E-state index in [0.29, 0.717) is 0 Å². The summed E-state index contributed by atoms with van der Waals surface area (Å²) in [5.74, 6) is -0.602.